The third-order valence-electron chi connectivity index (χ3n) is 5.10. The number of unbranched alkanes of at least 4 members (excludes halogenated alkanes) is 2. The van der Waals surface area contributed by atoms with Crippen molar-refractivity contribution >= 4 is 5.91 Å². The number of carbonyl (C=O) groups is 1. The van der Waals surface area contributed by atoms with Gasteiger partial charge >= 0.3 is 0 Å². The summed E-state index contributed by atoms with van der Waals surface area (Å²) in [7, 11) is 1.65. The van der Waals surface area contributed by atoms with Gasteiger partial charge in [-0.2, -0.15) is 0 Å². The first-order valence-electron chi connectivity index (χ1n) is 9.90. The van der Waals surface area contributed by atoms with Crippen molar-refractivity contribution in [2.75, 3.05) is 26.8 Å². The molecule has 0 N–H and O–H groups in total. The number of hydrogen-bond donors (Lipinski definition) is 0. The molecule has 1 aliphatic rings. The number of carbonyl (C=O) groups excluding carboxylic acids is 1. The van der Waals surface area contributed by atoms with Gasteiger partial charge in [-0.1, -0.05) is 50.1 Å². The van der Waals surface area contributed by atoms with E-state index in [1.807, 2.05) is 35.2 Å². The summed E-state index contributed by atoms with van der Waals surface area (Å²) < 4.78 is 11.5. The minimum atomic E-state index is 0.0910. The number of benzene rings is 2. The highest BCUT2D eigenvalue weighted by atomic mass is 16.5. The van der Waals surface area contributed by atoms with Gasteiger partial charge in [-0.25, -0.2) is 0 Å². The minimum Gasteiger partial charge on any atom is -0.493 e. The third kappa shape index (κ3) is 4.62. The molecule has 27 heavy (non-hydrogen) atoms. The zero-order valence-electron chi connectivity index (χ0n) is 16.4. The van der Waals surface area contributed by atoms with E-state index in [4.69, 9.17) is 9.47 Å². The molecule has 0 saturated carbocycles. The molecule has 2 aromatic carbocycles. The molecule has 2 aromatic rings. The fraction of sp³-hybridized carbons (Fsp3) is 0.435. The Hall–Kier alpha value is -2.49. The van der Waals surface area contributed by atoms with Gasteiger partial charge in [-0.15, -0.1) is 0 Å². The van der Waals surface area contributed by atoms with Gasteiger partial charge in [-0.05, 0) is 37.0 Å². The van der Waals surface area contributed by atoms with Crippen molar-refractivity contribution in [1.82, 2.24) is 4.90 Å². The summed E-state index contributed by atoms with van der Waals surface area (Å²) in [6.45, 7) is 4.29. The van der Waals surface area contributed by atoms with Crippen LogP contribution in [0.5, 0.6) is 11.5 Å². The number of nitrogens with zero attached hydrogens (tertiary/aromatic N) is 1. The quantitative estimate of drug-likeness (QED) is 0.612. The van der Waals surface area contributed by atoms with Crippen LogP contribution >= 0.6 is 0 Å². The summed E-state index contributed by atoms with van der Waals surface area (Å²) in [6.07, 6.45) is 4.99. The van der Waals surface area contributed by atoms with E-state index in [1.165, 1.54) is 5.56 Å². The molecule has 3 rings (SSSR count). The van der Waals surface area contributed by atoms with Crippen LogP contribution < -0.4 is 9.47 Å². The lowest BCUT2D eigenvalue weighted by Crippen LogP contribution is -2.39. The molecule has 0 atom stereocenters. The molecule has 0 aliphatic carbocycles. The number of fused-ring (bicyclic) bond motifs is 1. The second-order valence-corrected chi connectivity index (χ2v) is 6.96. The predicted molar refractivity (Wildman–Crippen MR) is 108 cm³/mol. The first-order valence-corrected chi connectivity index (χ1v) is 9.90. The molecule has 144 valence electrons. The van der Waals surface area contributed by atoms with E-state index in [9.17, 15) is 4.79 Å². The van der Waals surface area contributed by atoms with Crippen LogP contribution in [0.15, 0.2) is 42.5 Å². The molecule has 0 radical (unpaired) electrons. The van der Waals surface area contributed by atoms with Crippen LogP contribution in [0.3, 0.4) is 0 Å². The summed E-state index contributed by atoms with van der Waals surface area (Å²) in [5.74, 6) is 1.56. The summed E-state index contributed by atoms with van der Waals surface area (Å²) in [5.41, 5.74) is 3.00. The Balaban J connectivity index is 1.73. The highest BCUT2D eigenvalue weighted by molar-refractivity contribution is 5.98. The van der Waals surface area contributed by atoms with E-state index in [0.717, 1.165) is 67.8 Å². The zero-order valence-corrected chi connectivity index (χ0v) is 16.4. The van der Waals surface area contributed by atoms with Gasteiger partial charge in [0.15, 0.2) is 11.5 Å². The molecule has 1 amide bonds. The summed E-state index contributed by atoms with van der Waals surface area (Å²) in [6, 6.07) is 14.0. The fourth-order valence-corrected chi connectivity index (χ4v) is 3.54. The number of rotatable bonds is 9. The number of amides is 1. The molecule has 1 aliphatic heterocycles. The zero-order chi connectivity index (χ0) is 19.1. The minimum absolute atomic E-state index is 0.0910. The second kappa shape index (κ2) is 9.45. The van der Waals surface area contributed by atoms with Gasteiger partial charge < -0.3 is 14.4 Å². The van der Waals surface area contributed by atoms with Gasteiger partial charge in [0, 0.05) is 24.2 Å². The second-order valence-electron chi connectivity index (χ2n) is 6.96. The maximum absolute atomic E-state index is 13.0. The SMILES string of the molecule is CCCCCOc1c(OC)ccc2c1CCN(CCc1ccccc1)C2=O. The largest absolute Gasteiger partial charge is 0.493 e. The Bertz CT molecular complexity index is 758. The monoisotopic (exact) mass is 367 g/mol. The Morgan fingerprint density at radius 3 is 2.63 bits per heavy atom. The standard InChI is InChI=1S/C23H29NO3/c1-3-4-8-17-27-22-19-14-16-24(15-13-18-9-6-5-7-10-18)23(25)20(19)11-12-21(22)26-2/h5-7,9-12H,3-4,8,13-17H2,1-2H3. The Labute approximate surface area is 162 Å². The van der Waals surface area contributed by atoms with Crippen molar-refractivity contribution in [3.05, 3.63) is 59.2 Å². The maximum atomic E-state index is 13.0. The number of ether oxygens (including phenoxy) is 2. The van der Waals surface area contributed by atoms with Crippen molar-refractivity contribution in [3.63, 3.8) is 0 Å². The average Bonchev–Trinajstić information content (AvgIpc) is 2.71. The van der Waals surface area contributed by atoms with E-state index in [-0.39, 0.29) is 5.91 Å². The number of hydrogen-bond acceptors (Lipinski definition) is 3. The maximum Gasteiger partial charge on any atom is 0.254 e. The summed E-state index contributed by atoms with van der Waals surface area (Å²) in [5, 5.41) is 0. The molecule has 0 aromatic heterocycles. The lowest BCUT2D eigenvalue weighted by Gasteiger charge is -2.30. The van der Waals surface area contributed by atoms with Gasteiger partial charge in [0.25, 0.3) is 5.91 Å². The molecule has 0 saturated heterocycles. The van der Waals surface area contributed by atoms with Crippen molar-refractivity contribution in [1.29, 1.82) is 0 Å². The van der Waals surface area contributed by atoms with Crippen LogP contribution in [0.25, 0.3) is 0 Å². The van der Waals surface area contributed by atoms with Crippen molar-refractivity contribution in [3.8, 4) is 11.5 Å². The van der Waals surface area contributed by atoms with Gasteiger partial charge in [0.1, 0.15) is 0 Å². The third-order valence-corrected chi connectivity index (χ3v) is 5.10. The van der Waals surface area contributed by atoms with Crippen LogP contribution in [-0.4, -0.2) is 37.6 Å². The highest BCUT2D eigenvalue weighted by Gasteiger charge is 2.28. The van der Waals surface area contributed by atoms with Crippen LogP contribution in [0.1, 0.15) is 47.7 Å². The van der Waals surface area contributed by atoms with E-state index in [1.54, 1.807) is 7.11 Å². The molecule has 0 spiro atoms. The van der Waals surface area contributed by atoms with E-state index < -0.39 is 0 Å². The first kappa shape index (κ1) is 19.3. The predicted octanol–water partition coefficient (Wildman–Crippen LogP) is 4.51. The highest BCUT2D eigenvalue weighted by Crippen LogP contribution is 2.36. The Morgan fingerprint density at radius 1 is 1.07 bits per heavy atom. The molecule has 0 fully saturated rings. The van der Waals surface area contributed by atoms with Crippen LogP contribution in [0.4, 0.5) is 0 Å². The van der Waals surface area contributed by atoms with Crippen LogP contribution in [-0.2, 0) is 12.8 Å². The molecule has 1 heterocycles. The molecule has 0 unspecified atom stereocenters. The summed E-state index contributed by atoms with van der Waals surface area (Å²) in [4.78, 5) is 14.9. The van der Waals surface area contributed by atoms with Crippen LogP contribution in [0.2, 0.25) is 0 Å². The van der Waals surface area contributed by atoms with Gasteiger partial charge in [-0.3, -0.25) is 4.79 Å². The smallest absolute Gasteiger partial charge is 0.254 e. The lowest BCUT2D eigenvalue weighted by molar-refractivity contribution is 0.0739. The first-order chi connectivity index (χ1) is 13.2. The van der Waals surface area contributed by atoms with E-state index >= 15 is 0 Å². The normalized spacial score (nSPS) is 13.4. The van der Waals surface area contributed by atoms with Gasteiger partial charge in [0.2, 0.25) is 0 Å². The molecule has 4 nitrogen and oxygen atoms in total. The van der Waals surface area contributed by atoms with E-state index in [2.05, 4.69) is 19.1 Å². The average molecular weight is 367 g/mol. The lowest BCUT2D eigenvalue weighted by atomic mass is 9.97. The van der Waals surface area contributed by atoms with Crippen molar-refractivity contribution < 1.29 is 14.3 Å². The van der Waals surface area contributed by atoms with Crippen LogP contribution in [0, 0.1) is 0 Å². The molecular weight excluding hydrogens is 338 g/mol. The Morgan fingerprint density at radius 2 is 1.89 bits per heavy atom. The Kier molecular flexibility index (Phi) is 6.74. The fourth-order valence-electron chi connectivity index (χ4n) is 3.54. The van der Waals surface area contributed by atoms with Crippen molar-refractivity contribution in [2.24, 2.45) is 0 Å². The number of methoxy groups -OCH3 is 1. The van der Waals surface area contributed by atoms with E-state index in [0.29, 0.717) is 6.61 Å². The molecular formula is C23H29NO3. The van der Waals surface area contributed by atoms with Gasteiger partial charge in [0.05, 0.1) is 13.7 Å². The summed E-state index contributed by atoms with van der Waals surface area (Å²) >= 11 is 0. The molecule has 0 bridgehead atoms. The molecule has 4 heteroatoms. The van der Waals surface area contributed by atoms with Crippen molar-refractivity contribution in [2.45, 2.75) is 39.0 Å². The topological polar surface area (TPSA) is 38.8 Å².